The van der Waals surface area contributed by atoms with Crippen molar-refractivity contribution in [1.29, 1.82) is 0 Å². The second-order valence-electron chi connectivity index (χ2n) is 4.31. The molecule has 0 fully saturated rings. The van der Waals surface area contributed by atoms with Crippen molar-refractivity contribution in [3.8, 4) is 0 Å². The molecule has 0 aliphatic carbocycles. The van der Waals surface area contributed by atoms with Gasteiger partial charge in [-0.1, -0.05) is 26.7 Å². The van der Waals surface area contributed by atoms with Gasteiger partial charge in [-0.15, -0.1) is 0 Å². The van der Waals surface area contributed by atoms with E-state index in [-0.39, 0.29) is 6.42 Å². The van der Waals surface area contributed by atoms with Gasteiger partial charge in [0.2, 0.25) is 0 Å². The van der Waals surface area contributed by atoms with Crippen LogP contribution in [0.15, 0.2) is 0 Å². The molecule has 0 aliphatic rings. The molecule has 0 amide bonds. The van der Waals surface area contributed by atoms with E-state index >= 15 is 0 Å². The molecule has 0 bridgehead atoms. The minimum Gasteiger partial charge on any atom is -0.199 e. The van der Waals surface area contributed by atoms with E-state index in [1.54, 1.807) is 0 Å². The number of unbranched alkanes of at least 4 members (excludes halogenated alkanes) is 1. The number of alkyl halides is 9. The van der Waals surface area contributed by atoms with Crippen LogP contribution < -0.4 is 0 Å². The second-order valence-corrected chi connectivity index (χ2v) is 4.31. The van der Waals surface area contributed by atoms with Crippen LogP contribution in [-0.4, -0.2) is 23.9 Å². The van der Waals surface area contributed by atoms with E-state index in [4.69, 9.17) is 0 Å². The van der Waals surface area contributed by atoms with E-state index in [1.807, 2.05) is 0 Å². The van der Waals surface area contributed by atoms with Gasteiger partial charge in [0.05, 0.1) is 0 Å². The summed E-state index contributed by atoms with van der Waals surface area (Å²) in [4.78, 5) is 0. The molecule has 0 aromatic rings. The minimum atomic E-state index is -6.79. The van der Waals surface area contributed by atoms with Crippen molar-refractivity contribution in [1.82, 2.24) is 0 Å². The first-order chi connectivity index (χ1) is 8.23. The van der Waals surface area contributed by atoms with Crippen molar-refractivity contribution >= 4 is 0 Å². The smallest absolute Gasteiger partial charge is 0.199 e. The Hall–Kier alpha value is -0.630. The highest BCUT2D eigenvalue weighted by Gasteiger charge is 2.82. The summed E-state index contributed by atoms with van der Waals surface area (Å²) in [6.45, 7) is 2.06. The molecule has 0 N–H and O–H groups in total. The van der Waals surface area contributed by atoms with Crippen LogP contribution in [0.4, 0.5) is 39.5 Å². The lowest BCUT2D eigenvalue weighted by molar-refractivity contribution is -0.402. The van der Waals surface area contributed by atoms with E-state index in [2.05, 4.69) is 0 Å². The Bertz CT molecular complexity index is 292. The van der Waals surface area contributed by atoms with E-state index < -0.39 is 36.3 Å². The molecule has 0 saturated heterocycles. The lowest BCUT2D eigenvalue weighted by Crippen LogP contribution is -2.62. The average Bonchev–Trinajstić information content (AvgIpc) is 2.23. The van der Waals surface area contributed by atoms with Crippen LogP contribution in [-0.2, 0) is 0 Å². The zero-order chi connectivity index (χ0) is 15.7. The summed E-state index contributed by atoms with van der Waals surface area (Å²) in [5, 5.41) is 0. The Morgan fingerprint density at radius 3 is 1.53 bits per heavy atom. The summed E-state index contributed by atoms with van der Waals surface area (Å²) in [6.07, 6.45) is -6.98. The molecule has 0 aliphatic heterocycles. The van der Waals surface area contributed by atoms with Crippen LogP contribution in [0.5, 0.6) is 0 Å². The molecule has 116 valence electrons. The van der Waals surface area contributed by atoms with Gasteiger partial charge in [0.25, 0.3) is 0 Å². The van der Waals surface area contributed by atoms with E-state index in [0.717, 1.165) is 0 Å². The fourth-order valence-corrected chi connectivity index (χ4v) is 1.39. The molecule has 9 heteroatoms. The summed E-state index contributed by atoms with van der Waals surface area (Å²) in [7, 11) is 0. The number of halogens is 9. The zero-order valence-corrected chi connectivity index (χ0v) is 10.1. The van der Waals surface area contributed by atoms with Gasteiger partial charge in [0.1, 0.15) is 0 Å². The Morgan fingerprint density at radius 1 is 0.789 bits per heavy atom. The van der Waals surface area contributed by atoms with Crippen molar-refractivity contribution in [3.05, 3.63) is 0 Å². The van der Waals surface area contributed by atoms with Crippen molar-refractivity contribution in [2.75, 3.05) is 0 Å². The van der Waals surface area contributed by atoms with E-state index in [1.165, 1.54) is 6.92 Å². The molecule has 0 aromatic heterocycles. The standard InChI is InChI=1S/C10H13F9/c1-3-4-5-6(2)7(11,12)8(13,14)9(15,16)10(17,18)19/h6H,3-5H2,1-2H3. The molecule has 1 atom stereocenters. The van der Waals surface area contributed by atoms with Gasteiger partial charge in [-0.3, -0.25) is 0 Å². The van der Waals surface area contributed by atoms with Gasteiger partial charge in [0.15, 0.2) is 0 Å². The van der Waals surface area contributed by atoms with Crippen LogP contribution >= 0.6 is 0 Å². The van der Waals surface area contributed by atoms with E-state index in [0.29, 0.717) is 13.3 Å². The summed E-state index contributed by atoms with van der Waals surface area (Å²) >= 11 is 0. The third-order valence-corrected chi connectivity index (χ3v) is 2.78. The van der Waals surface area contributed by atoms with Gasteiger partial charge in [-0.25, -0.2) is 0 Å². The Labute approximate surface area is 104 Å². The molecule has 0 radical (unpaired) electrons. The van der Waals surface area contributed by atoms with Crippen LogP contribution in [0.2, 0.25) is 0 Å². The lowest BCUT2D eigenvalue weighted by Gasteiger charge is -2.36. The van der Waals surface area contributed by atoms with Crippen molar-refractivity contribution in [2.24, 2.45) is 5.92 Å². The third kappa shape index (κ3) is 3.10. The van der Waals surface area contributed by atoms with Crippen molar-refractivity contribution in [3.63, 3.8) is 0 Å². The molecular weight excluding hydrogens is 291 g/mol. The quantitative estimate of drug-likeness (QED) is 0.586. The Morgan fingerprint density at radius 2 is 1.21 bits per heavy atom. The highest BCUT2D eigenvalue weighted by molar-refractivity contribution is 5.02. The average molecular weight is 304 g/mol. The zero-order valence-electron chi connectivity index (χ0n) is 10.1. The van der Waals surface area contributed by atoms with Gasteiger partial charge in [-0.05, 0) is 6.42 Å². The molecule has 0 spiro atoms. The third-order valence-electron chi connectivity index (χ3n) is 2.78. The molecule has 19 heavy (non-hydrogen) atoms. The van der Waals surface area contributed by atoms with Crippen LogP contribution in [0.25, 0.3) is 0 Å². The normalized spacial score (nSPS) is 16.6. The van der Waals surface area contributed by atoms with Crippen molar-refractivity contribution in [2.45, 2.75) is 57.1 Å². The predicted molar refractivity (Wildman–Crippen MR) is 49.6 cm³/mol. The first kappa shape index (κ1) is 18.4. The number of hydrogen-bond donors (Lipinski definition) is 0. The Balaban J connectivity index is 5.38. The summed E-state index contributed by atoms with van der Waals surface area (Å²) < 4.78 is 113. The molecular formula is C10H13F9. The Kier molecular flexibility index (Phi) is 5.22. The lowest BCUT2D eigenvalue weighted by atomic mass is 9.89. The van der Waals surface area contributed by atoms with Gasteiger partial charge >= 0.3 is 23.9 Å². The molecule has 0 saturated carbocycles. The molecule has 0 heterocycles. The summed E-state index contributed by atoms with van der Waals surface area (Å²) in [5.41, 5.74) is 0. The maximum Gasteiger partial charge on any atom is 0.460 e. The SMILES string of the molecule is CCCCC(C)C(F)(F)C(F)(F)C(F)(F)C(F)(F)F. The fourth-order valence-electron chi connectivity index (χ4n) is 1.39. The fraction of sp³-hybridized carbons (Fsp3) is 1.00. The first-order valence-corrected chi connectivity index (χ1v) is 5.43. The number of hydrogen-bond acceptors (Lipinski definition) is 0. The highest BCUT2D eigenvalue weighted by atomic mass is 19.4. The molecule has 0 nitrogen and oxygen atoms in total. The van der Waals surface area contributed by atoms with E-state index in [9.17, 15) is 39.5 Å². The minimum absolute atomic E-state index is 0.0183. The van der Waals surface area contributed by atoms with Gasteiger partial charge in [-0.2, -0.15) is 39.5 Å². The van der Waals surface area contributed by atoms with Crippen LogP contribution in [0.3, 0.4) is 0 Å². The van der Waals surface area contributed by atoms with Crippen LogP contribution in [0.1, 0.15) is 33.1 Å². The summed E-state index contributed by atoms with van der Waals surface area (Å²) in [5.74, 6) is -21.0. The van der Waals surface area contributed by atoms with Crippen molar-refractivity contribution < 1.29 is 39.5 Å². The van der Waals surface area contributed by atoms with Gasteiger partial charge in [0, 0.05) is 5.92 Å². The number of rotatable bonds is 6. The molecule has 1 unspecified atom stereocenters. The molecule has 0 rings (SSSR count). The summed E-state index contributed by atoms with van der Waals surface area (Å²) in [6, 6.07) is 0. The van der Waals surface area contributed by atoms with Crippen LogP contribution in [0, 0.1) is 5.92 Å². The largest absolute Gasteiger partial charge is 0.460 e. The topological polar surface area (TPSA) is 0 Å². The monoisotopic (exact) mass is 304 g/mol. The first-order valence-electron chi connectivity index (χ1n) is 5.43. The second kappa shape index (κ2) is 5.40. The predicted octanol–water partition coefficient (Wildman–Crippen LogP) is 5.28. The van der Waals surface area contributed by atoms with Gasteiger partial charge < -0.3 is 0 Å². The maximum absolute atomic E-state index is 13.2. The highest BCUT2D eigenvalue weighted by Crippen LogP contribution is 2.55. The molecule has 0 aromatic carbocycles. The maximum atomic E-state index is 13.2.